The van der Waals surface area contributed by atoms with Gasteiger partial charge in [-0.05, 0) is 58.5 Å². The normalized spacial score (nSPS) is 12.6. The van der Waals surface area contributed by atoms with Crippen LogP contribution in [0.15, 0.2) is 71.7 Å². The Morgan fingerprint density at radius 1 is 1.03 bits per heavy atom. The van der Waals surface area contributed by atoms with Crippen LogP contribution in [0.25, 0.3) is 0 Å². The third kappa shape index (κ3) is 5.55. The van der Waals surface area contributed by atoms with Crippen LogP contribution in [0.2, 0.25) is 0 Å². The summed E-state index contributed by atoms with van der Waals surface area (Å²) in [7, 11) is 1.63. The van der Waals surface area contributed by atoms with Gasteiger partial charge in [0.1, 0.15) is 12.4 Å². The quantitative estimate of drug-likeness (QED) is 0.278. The number of nitrogens with one attached hydrogen (secondary N) is 1. The van der Waals surface area contributed by atoms with Crippen LogP contribution in [0.5, 0.6) is 5.75 Å². The van der Waals surface area contributed by atoms with Gasteiger partial charge in [-0.25, -0.2) is 4.99 Å². The highest BCUT2D eigenvalue weighted by atomic mass is 127. The number of carbonyl (C=O) groups excluding carboxylic acids is 1. The maximum absolute atomic E-state index is 12.6. The molecule has 4 rings (SSSR count). The average molecular weight is 536 g/mol. The molecule has 0 unspecified atom stereocenters. The molecule has 1 aliphatic heterocycles. The Labute approximate surface area is 201 Å². The molecule has 0 aromatic heterocycles. The fraction of sp³-hybridized carbons (Fsp3) is 0.154. The minimum atomic E-state index is -0.114. The van der Waals surface area contributed by atoms with Gasteiger partial charge >= 0.3 is 0 Å². The van der Waals surface area contributed by atoms with Gasteiger partial charge < -0.3 is 14.8 Å². The van der Waals surface area contributed by atoms with Gasteiger partial charge in [-0.15, -0.1) is 0 Å². The van der Waals surface area contributed by atoms with Crippen molar-refractivity contribution < 1.29 is 14.3 Å². The Kier molecular flexibility index (Phi) is 7.20. The molecule has 3 aromatic rings. The molecule has 1 N–H and O–H groups in total. The number of hydrogen-bond acceptors (Lipinski definition) is 4. The second-order valence-corrected chi connectivity index (χ2v) is 8.36. The molecule has 0 fully saturated rings. The van der Waals surface area contributed by atoms with E-state index in [0.717, 1.165) is 14.7 Å². The number of methoxy groups -OCH3 is 1. The number of nitrogens with zero attached hydrogens (tertiary/aromatic N) is 1. The predicted octanol–water partition coefficient (Wildman–Crippen LogP) is 5.18. The molecule has 1 amide bonds. The second kappa shape index (κ2) is 10.4. The molecule has 0 saturated heterocycles. The summed E-state index contributed by atoms with van der Waals surface area (Å²) in [5, 5.41) is 2.97. The van der Waals surface area contributed by atoms with E-state index >= 15 is 0 Å². The summed E-state index contributed by atoms with van der Waals surface area (Å²) in [4.78, 5) is 17.4. The van der Waals surface area contributed by atoms with Crippen LogP contribution in [0.3, 0.4) is 0 Å². The number of benzene rings is 3. The Bertz CT molecular complexity index is 1230. The van der Waals surface area contributed by atoms with Crippen molar-refractivity contribution in [2.75, 3.05) is 25.6 Å². The Balaban J connectivity index is 1.77. The monoisotopic (exact) mass is 536 g/mol. The van der Waals surface area contributed by atoms with Gasteiger partial charge in [0.2, 0.25) is 5.91 Å². The minimum Gasteiger partial charge on any atom is -0.490 e. The van der Waals surface area contributed by atoms with E-state index in [1.54, 1.807) is 7.11 Å². The Morgan fingerprint density at radius 3 is 2.66 bits per heavy atom. The van der Waals surface area contributed by atoms with Crippen molar-refractivity contribution in [3.8, 4) is 17.6 Å². The fourth-order valence-corrected chi connectivity index (χ4v) is 3.78. The SMILES string of the molecule is COCCOc1cc2c(cc1C#Cc1ccccc1)NC(=O)CC(c1cccc(I)c1)=N2. The first-order chi connectivity index (χ1) is 15.6. The lowest BCUT2D eigenvalue weighted by atomic mass is 10.1. The molecule has 0 bridgehead atoms. The number of rotatable bonds is 5. The molecule has 1 aliphatic rings. The number of halogens is 1. The van der Waals surface area contributed by atoms with Gasteiger partial charge in [0.05, 0.1) is 35.7 Å². The first-order valence-electron chi connectivity index (χ1n) is 10.1. The van der Waals surface area contributed by atoms with Gasteiger partial charge in [-0.1, -0.05) is 42.2 Å². The third-order valence-electron chi connectivity index (χ3n) is 4.77. The topological polar surface area (TPSA) is 59.9 Å². The highest BCUT2D eigenvalue weighted by molar-refractivity contribution is 14.1. The summed E-state index contributed by atoms with van der Waals surface area (Å²) in [6, 6.07) is 21.3. The smallest absolute Gasteiger partial charge is 0.230 e. The number of ether oxygens (including phenoxy) is 2. The summed E-state index contributed by atoms with van der Waals surface area (Å²) >= 11 is 2.26. The minimum absolute atomic E-state index is 0.114. The van der Waals surface area contributed by atoms with E-state index in [4.69, 9.17) is 14.5 Å². The molecule has 160 valence electrons. The average Bonchev–Trinajstić information content (AvgIpc) is 2.96. The van der Waals surface area contributed by atoms with Gasteiger partial charge in [-0.2, -0.15) is 0 Å². The van der Waals surface area contributed by atoms with Crippen molar-refractivity contribution >= 4 is 45.6 Å². The van der Waals surface area contributed by atoms with Crippen LogP contribution in [0.1, 0.15) is 23.1 Å². The van der Waals surface area contributed by atoms with Crippen molar-refractivity contribution in [3.05, 3.63) is 87.0 Å². The van der Waals surface area contributed by atoms with Crippen LogP contribution in [0, 0.1) is 15.4 Å². The zero-order valence-electron chi connectivity index (χ0n) is 17.5. The molecular weight excluding hydrogens is 515 g/mol. The molecular formula is C26H21IN2O3. The maximum atomic E-state index is 12.6. The van der Waals surface area contributed by atoms with Crippen molar-refractivity contribution in [1.82, 2.24) is 0 Å². The fourth-order valence-electron chi connectivity index (χ4n) is 3.24. The van der Waals surface area contributed by atoms with Crippen molar-refractivity contribution in [1.29, 1.82) is 0 Å². The van der Waals surface area contributed by atoms with Crippen molar-refractivity contribution in [2.24, 2.45) is 4.99 Å². The lowest BCUT2D eigenvalue weighted by molar-refractivity contribution is -0.115. The molecule has 0 radical (unpaired) electrons. The maximum Gasteiger partial charge on any atom is 0.230 e. The first kappa shape index (κ1) is 22.1. The molecule has 0 spiro atoms. The molecule has 1 heterocycles. The van der Waals surface area contributed by atoms with Gasteiger partial charge in [0, 0.05) is 22.3 Å². The van der Waals surface area contributed by atoms with E-state index in [1.165, 1.54) is 0 Å². The highest BCUT2D eigenvalue weighted by Crippen LogP contribution is 2.36. The number of anilines is 1. The summed E-state index contributed by atoms with van der Waals surface area (Å²) in [6.45, 7) is 0.839. The predicted molar refractivity (Wildman–Crippen MR) is 135 cm³/mol. The Hall–Kier alpha value is -3.15. The zero-order chi connectivity index (χ0) is 22.3. The number of fused-ring (bicyclic) bond motifs is 1. The molecule has 0 atom stereocenters. The van der Waals surface area contributed by atoms with E-state index < -0.39 is 0 Å². The lowest BCUT2D eigenvalue weighted by Crippen LogP contribution is -2.15. The van der Waals surface area contributed by atoms with E-state index in [2.05, 4.69) is 39.7 Å². The van der Waals surface area contributed by atoms with Crippen molar-refractivity contribution in [2.45, 2.75) is 6.42 Å². The number of aliphatic imine (C=N–C) groups is 1. The molecule has 0 saturated carbocycles. The highest BCUT2D eigenvalue weighted by Gasteiger charge is 2.19. The summed E-state index contributed by atoms with van der Waals surface area (Å²) in [5.41, 5.74) is 4.47. The van der Waals surface area contributed by atoms with Crippen LogP contribution >= 0.6 is 22.6 Å². The molecule has 0 aliphatic carbocycles. The van der Waals surface area contributed by atoms with Crippen LogP contribution < -0.4 is 10.1 Å². The van der Waals surface area contributed by atoms with Gasteiger partial charge in [-0.3, -0.25) is 4.79 Å². The largest absolute Gasteiger partial charge is 0.490 e. The zero-order valence-corrected chi connectivity index (χ0v) is 19.7. The molecule has 3 aromatic carbocycles. The van der Waals surface area contributed by atoms with Gasteiger partial charge in [0.25, 0.3) is 0 Å². The third-order valence-corrected chi connectivity index (χ3v) is 5.44. The second-order valence-electron chi connectivity index (χ2n) is 7.12. The van der Waals surface area contributed by atoms with Crippen LogP contribution in [-0.4, -0.2) is 31.9 Å². The molecule has 32 heavy (non-hydrogen) atoms. The van der Waals surface area contributed by atoms with E-state index in [0.29, 0.717) is 41.6 Å². The Morgan fingerprint density at radius 2 is 1.88 bits per heavy atom. The molecule has 6 heteroatoms. The van der Waals surface area contributed by atoms with E-state index in [-0.39, 0.29) is 12.3 Å². The van der Waals surface area contributed by atoms with E-state index in [9.17, 15) is 4.79 Å². The summed E-state index contributed by atoms with van der Waals surface area (Å²) < 4.78 is 12.2. The van der Waals surface area contributed by atoms with E-state index in [1.807, 2.05) is 66.7 Å². The lowest BCUT2D eigenvalue weighted by Gasteiger charge is -2.12. The summed E-state index contributed by atoms with van der Waals surface area (Å²) in [6.07, 6.45) is 0.194. The number of amides is 1. The molecule has 5 nitrogen and oxygen atoms in total. The van der Waals surface area contributed by atoms with Crippen LogP contribution in [0.4, 0.5) is 11.4 Å². The van der Waals surface area contributed by atoms with Crippen LogP contribution in [-0.2, 0) is 9.53 Å². The van der Waals surface area contributed by atoms with Gasteiger partial charge in [0.15, 0.2) is 0 Å². The standard InChI is InChI=1S/C26H21IN2O3/c1-31-12-13-32-25-16-24-23(15-20(25)11-10-18-6-3-2-4-7-18)29-26(30)17-22(28-24)19-8-5-9-21(27)14-19/h2-9,14-16H,12-13,17H2,1H3,(H,29,30). The number of carbonyl (C=O) groups is 1. The number of hydrogen-bond donors (Lipinski definition) is 1. The summed E-state index contributed by atoms with van der Waals surface area (Å²) in [5.74, 6) is 6.82. The first-order valence-corrected chi connectivity index (χ1v) is 11.2. The van der Waals surface area contributed by atoms with Crippen molar-refractivity contribution in [3.63, 3.8) is 0 Å².